The van der Waals surface area contributed by atoms with E-state index < -0.39 is 0 Å². The Hall–Kier alpha value is -1.29. The summed E-state index contributed by atoms with van der Waals surface area (Å²) in [6.45, 7) is 7.54. The average Bonchev–Trinajstić information content (AvgIpc) is 2.98. The largest absolute Gasteiger partial charge is 0.463 e. The molecule has 19 heavy (non-hydrogen) atoms. The van der Waals surface area contributed by atoms with Gasteiger partial charge >= 0.3 is 0 Å². The van der Waals surface area contributed by atoms with Crippen molar-refractivity contribution in [2.24, 2.45) is 5.92 Å². The van der Waals surface area contributed by atoms with Crippen LogP contribution in [-0.2, 0) is 17.9 Å². The van der Waals surface area contributed by atoms with Crippen LogP contribution in [0.4, 0.5) is 0 Å². The molecule has 1 atom stereocenters. The first kappa shape index (κ1) is 14.1. The minimum atomic E-state index is 0.258. The number of carbonyl (C=O) groups excluding carboxylic acids is 1. The molecule has 2 rings (SSSR count). The summed E-state index contributed by atoms with van der Waals surface area (Å²) in [4.78, 5) is 13.8. The summed E-state index contributed by atoms with van der Waals surface area (Å²) < 4.78 is 5.75. The summed E-state index contributed by atoms with van der Waals surface area (Å²) in [7, 11) is 0. The summed E-state index contributed by atoms with van der Waals surface area (Å²) in [6.07, 6.45) is 2.89. The van der Waals surface area contributed by atoms with Crippen molar-refractivity contribution in [3.63, 3.8) is 0 Å². The number of furan rings is 1. The number of amides is 1. The Kier molecular flexibility index (Phi) is 5.02. The van der Waals surface area contributed by atoms with Gasteiger partial charge in [0.2, 0.25) is 5.91 Å². The molecule has 0 saturated carbocycles. The van der Waals surface area contributed by atoms with Crippen LogP contribution in [0.3, 0.4) is 0 Å². The summed E-state index contributed by atoms with van der Waals surface area (Å²) in [6, 6.07) is 3.98. The quantitative estimate of drug-likeness (QED) is 0.770. The number of carbonyl (C=O) groups is 1. The van der Waals surface area contributed by atoms with E-state index in [0.29, 0.717) is 18.9 Å². The van der Waals surface area contributed by atoms with Crippen LogP contribution in [0.1, 0.15) is 44.6 Å². The van der Waals surface area contributed by atoms with Crippen molar-refractivity contribution in [3.8, 4) is 0 Å². The predicted octanol–water partition coefficient (Wildman–Crippen LogP) is 2.54. The Balaban J connectivity index is 1.84. The first-order valence-electron chi connectivity index (χ1n) is 7.29. The molecule has 0 spiro atoms. The highest BCUT2D eigenvalue weighted by Gasteiger charge is 2.28. The van der Waals surface area contributed by atoms with Gasteiger partial charge in [-0.25, -0.2) is 0 Å². The van der Waals surface area contributed by atoms with Gasteiger partial charge in [0, 0.05) is 13.0 Å². The lowest BCUT2D eigenvalue weighted by molar-refractivity contribution is -0.128. The molecule has 1 amide bonds. The van der Waals surface area contributed by atoms with Crippen LogP contribution in [0.5, 0.6) is 0 Å². The zero-order chi connectivity index (χ0) is 13.7. The third-order valence-corrected chi connectivity index (χ3v) is 3.66. The van der Waals surface area contributed by atoms with E-state index in [9.17, 15) is 4.79 Å². The van der Waals surface area contributed by atoms with Crippen LogP contribution < -0.4 is 5.32 Å². The Morgan fingerprint density at radius 3 is 2.84 bits per heavy atom. The van der Waals surface area contributed by atoms with E-state index in [1.54, 1.807) is 0 Å². The molecule has 1 aromatic rings. The third kappa shape index (κ3) is 3.83. The zero-order valence-electron chi connectivity index (χ0n) is 11.9. The van der Waals surface area contributed by atoms with Gasteiger partial charge in [0.1, 0.15) is 11.5 Å². The van der Waals surface area contributed by atoms with E-state index in [1.165, 1.54) is 0 Å². The molecule has 0 bridgehead atoms. The van der Waals surface area contributed by atoms with Gasteiger partial charge in [0.05, 0.1) is 13.1 Å². The standard InChI is InChI=1S/C15H24N2O2/c1-3-7-16-9-13-5-6-14(19-13)11-17-10-12(4-2)8-15(17)18/h5-6,12,16H,3-4,7-11H2,1-2H3. The molecular weight excluding hydrogens is 240 g/mol. The van der Waals surface area contributed by atoms with Crippen LogP contribution in [0.15, 0.2) is 16.5 Å². The first-order chi connectivity index (χ1) is 9.22. The molecule has 1 aliphatic rings. The van der Waals surface area contributed by atoms with Crippen LogP contribution in [0.2, 0.25) is 0 Å². The summed E-state index contributed by atoms with van der Waals surface area (Å²) in [5, 5.41) is 3.31. The molecule has 2 heterocycles. The maximum absolute atomic E-state index is 11.8. The molecule has 0 radical (unpaired) electrons. The smallest absolute Gasteiger partial charge is 0.223 e. The number of hydrogen-bond donors (Lipinski definition) is 1. The third-order valence-electron chi connectivity index (χ3n) is 3.66. The molecule has 4 nitrogen and oxygen atoms in total. The lowest BCUT2D eigenvalue weighted by Gasteiger charge is -2.14. The molecule has 1 fully saturated rings. The lowest BCUT2D eigenvalue weighted by atomic mass is 10.1. The second-order valence-corrected chi connectivity index (χ2v) is 5.30. The van der Waals surface area contributed by atoms with Crippen LogP contribution in [0.25, 0.3) is 0 Å². The second-order valence-electron chi connectivity index (χ2n) is 5.30. The SMILES string of the molecule is CCCNCc1ccc(CN2CC(CC)CC2=O)o1. The van der Waals surface area contributed by atoms with Crippen LogP contribution in [-0.4, -0.2) is 23.9 Å². The molecule has 4 heteroatoms. The lowest BCUT2D eigenvalue weighted by Crippen LogP contribution is -2.24. The van der Waals surface area contributed by atoms with Gasteiger partial charge in [-0.3, -0.25) is 4.79 Å². The predicted molar refractivity (Wildman–Crippen MR) is 74.5 cm³/mol. The van der Waals surface area contributed by atoms with E-state index in [4.69, 9.17) is 4.42 Å². The maximum atomic E-state index is 11.8. The second kappa shape index (κ2) is 6.75. The highest BCUT2D eigenvalue weighted by Crippen LogP contribution is 2.23. The Bertz CT molecular complexity index is 414. The van der Waals surface area contributed by atoms with Gasteiger partial charge in [-0.05, 0) is 31.0 Å². The fourth-order valence-electron chi connectivity index (χ4n) is 2.46. The molecule has 1 saturated heterocycles. The number of nitrogens with one attached hydrogen (secondary N) is 1. The maximum Gasteiger partial charge on any atom is 0.223 e. The Morgan fingerprint density at radius 2 is 2.16 bits per heavy atom. The van der Waals surface area contributed by atoms with Gasteiger partial charge in [-0.15, -0.1) is 0 Å². The fourth-order valence-corrected chi connectivity index (χ4v) is 2.46. The van der Waals surface area contributed by atoms with Crippen LogP contribution in [0, 0.1) is 5.92 Å². The molecule has 1 aliphatic heterocycles. The summed E-state index contributed by atoms with van der Waals surface area (Å²) in [5.41, 5.74) is 0. The highest BCUT2D eigenvalue weighted by molar-refractivity contribution is 5.78. The molecule has 1 aromatic heterocycles. The van der Waals surface area contributed by atoms with Crippen molar-refractivity contribution in [1.29, 1.82) is 0 Å². The Labute approximate surface area is 115 Å². The number of likely N-dealkylation sites (tertiary alicyclic amines) is 1. The van der Waals surface area contributed by atoms with E-state index in [1.807, 2.05) is 17.0 Å². The minimum Gasteiger partial charge on any atom is -0.463 e. The normalized spacial score (nSPS) is 19.4. The summed E-state index contributed by atoms with van der Waals surface area (Å²) >= 11 is 0. The van der Waals surface area contributed by atoms with Crippen molar-refractivity contribution in [3.05, 3.63) is 23.7 Å². The molecular formula is C15H24N2O2. The van der Waals surface area contributed by atoms with Crippen LogP contribution >= 0.6 is 0 Å². The molecule has 0 aliphatic carbocycles. The average molecular weight is 264 g/mol. The first-order valence-corrected chi connectivity index (χ1v) is 7.29. The zero-order valence-corrected chi connectivity index (χ0v) is 11.9. The van der Waals surface area contributed by atoms with Crippen molar-refractivity contribution >= 4 is 5.91 Å². The molecule has 1 N–H and O–H groups in total. The number of nitrogens with zero attached hydrogens (tertiary/aromatic N) is 1. The topological polar surface area (TPSA) is 45.5 Å². The van der Waals surface area contributed by atoms with E-state index in [-0.39, 0.29) is 5.91 Å². The fraction of sp³-hybridized carbons (Fsp3) is 0.667. The van der Waals surface area contributed by atoms with E-state index in [2.05, 4.69) is 19.2 Å². The highest BCUT2D eigenvalue weighted by atomic mass is 16.3. The van der Waals surface area contributed by atoms with E-state index >= 15 is 0 Å². The van der Waals surface area contributed by atoms with Crippen molar-refractivity contribution in [2.45, 2.75) is 46.2 Å². The van der Waals surface area contributed by atoms with Gasteiger partial charge in [0.15, 0.2) is 0 Å². The molecule has 1 unspecified atom stereocenters. The van der Waals surface area contributed by atoms with Gasteiger partial charge in [0.25, 0.3) is 0 Å². The van der Waals surface area contributed by atoms with Gasteiger partial charge in [-0.2, -0.15) is 0 Å². The van der Waals surface area contributed by atoms with Crippen molar-refractivity contribution < 1.29 is 9.21 Å². The molecule has 106 valence electrons. The summed E-state index contributed by atoms with van der Waals surface area (Å²) in [5.74, 6) is 2.61. The van der Waals surface area contributed by atoms with Crippen molar-refractivity contribution in [2.75, 3.05) is 13.1 Å². The van der Waals surface area contributed by atoms with E-state index in [0.717, 1.165) is 44.0 Å². The van der Waals surface area contributed by atoms with Gasteiger partial charge in [-0.1, -0.05) is 20.3 Å². The van der Waals surface area contributed by atoms with Crippen molar-refractivity contribution in [1.82, 2.24) is 10.2 Å². The number of hydrogen-bond acceptors (Lipinski definition) is 3. The monoisotopic (exact) mass is 264 g/mol. The minimum absolute atomic E-state index is 0.258. The molecule has 0 aromatic carbocycles. The number of rotatable bonds is 7. The Morgan fingerprint density at radius 1 is 1.37 bits per heavy atom. The van der Waals surface area contributed by atoms with Gasteiger partial charge < -0.3 is 14.6 Å².